The minimum absolute atomic E-state index is 0. The minimum Gasteiger partial charge on any atom is -1.00 e. The summed E-state index contributed by atoms with van der Waals surface area (Å²) >= 11 is 0. The van der Waals surface area contributed by atoms with Gasteiger partial charge in [-0.2, -0.15) is 4.57 Å². The standard InChI is InChI=1S/C12H10N2O3.BrH/c15-12-2-1-7-13(9-12)8-10-3-5-11(6-4-10)14(16)17;/h1-7,9H,8H2;1H. The molecule has 1 aromatic carbocycles. The maximum Gasteiger partial charge on any atom is 0.269 e. The molecule has 1 heterocycles. The third kappa shape index (κ3) is 3.53. The van der Waals surface area contributed by atoms with Crippen LogP contribution in [0.2, 0.25) is 0 Å². The number of pyridine rings is 1. The zero-order chi connectivity index (χ0) is 12.3. The highest BCUT2D eigenvalue weighted by molar-refractivity contribution is 5.32. The van der Waals surface area contributed by atoms with Crippen molar-refractivity contribution in [3.63, 3.8) is 0 Å². The van der Waals surface area contributed by atoms with E-state index in [4.69, 9.17) is 0 Å². The predicted octanol–water partition coefficient (Wildman–Crippen LogP) is -1.36. The Morgan fingerprint density at radius 1 is 1.22 bits per heavy atom. The Hall–Kier alpha value is -1.95. The molecule has 0 saturated heterocycles. The molecule has 0 fully saturated rings. The summed E-state index contributed by atoms with van der Waals surface area (Å²) in [6.07, 6.45) is 3.42. The molecule has 0 unspecified atom stereocenters. The van der Waals surface area contributed by atoms with Crippen molar-refractivity contribution in [1.29, 1.82) is 0 Å². The molecule has 0 saturated carbocycles. The van der Waals surface area contributed by atoms with Crippen molar-refractivity contribution in [1.82, 2.24) is 0 Å². The van der Waals surface area contributed by atoms with Gasteiger partial charge >= 0.3 is 0 Å². The molecule has 0 radical (unpaired) electrons. The normalized spacial score (nSPS) is 9.56. The van der Waals surface area contributed by atoms with Crippen LogP contribution in [0.5, 0.6) is 5.75 Å². The molecule has 0 bridgehead atoms. The van der Waals surface area contributed by atoms with E-state index in [2.05, 4.69) is 0 Å². The number of rotatable bonds is 3. The Morgan fingerprint density at radius 3 is 2.44 bits per heavy atom. The molecule has 2 aromatic rings. The lowest BCUT2D eigenvalue weighted by Crippen LogP contribution is -3.00. The molecule has 0 aliphatic rings. The number of hydrogen-bond acceptors (Lipinski definition) is 3. The molecular weight excluding hydrogens is 300 g/mol. The van der Waals surface area contributed by atoms with E-state index in [9.17, 15) is 15.2 Å². The zero-order valence-electron chi connectivity index (χ0n) is 9.36. The summed E-state index contributed by atoms with van der Waals surface area (Å²) in [4.78, 5) is 10.1. The average Bonchev–Trinajstić information content (AvgIpc) is 2.29. The quantitative estimate of drug-likeness (QED) is 0.433. The van der Waals surface area contributed by atoms with Crippen molar-refractivity contribution in [3.05, 3.63) is 64.5 Å². The van der Waals surface area contributed by atoms with Gasteiger partial charge in [0, 0.05) is 23.8 Å². The first-order valence-corrected chi connectivity index (χ1v) is 5.06. The highest BCUT2D eigenvalue weighted by Gasteiger charge is 2.07. The number of nitrogens with zero attached hydrogens (tertiary/aromatic N) is 2. The van der Waals surface area contributed by atoms with Gasteiger partial charge in [-0.1, -0.05) is 0 Å². The number of hydrogen-bond donors (Lipinski definition) is 1. The van der Waals surface area contributed by atoms with Gasteiger partial charge < -0.3 is 22.1 Å². The highest BCUT2D eigenvalue weighted by Crippen LogP contribution is 2.11. The second-order valence-electron chi connectivity index (χ2n) is 3.66. The summed E-state index contributed by atoms with van der Waals surface area (Å²) in [7, 11) is 0. The fourth-order valence-electron chi connectivity index (χ4n) is 1.54. The van der Waals surface area contributed by atoms with Gasteiger partial charge in [0.15, 0.2) is 18.5 Å². The van der Waals surface area contributed by atoms with E-state index in [1.807, 2.05) is 6.20 Å². The van der Waals surface area contributed by atoms with E-state index >= 15 is 0 Å². The first-order chi connectivity index (χ1) is 8.15. The summed E-state index contributed by atoms with van der Waals surface area (Å²) < 4.78 is 1.80. The van der Waals surface area contributed by atoms with Crippen LogP contribution in [-0.2, 0) is 6.54 Å². The van der Waals surface area contributed by atoms with Crippen LogP contribution in [0.1, 0.15) is 5.56 Å². The number of aromatic hydroxyl groups is 1. The number of aromatic nitrogens is 1. The number of halogens is 1. The molecule has 2 rings (SSSR count). The van der Waals surface area contributed by atoms with Crippen molar-refractivity contribution in [2.24, 2.45) is 0 Å². The third-order valence-electron chi connectivity index (χ3n) is 2.35. The molecule has 5 nitrogen and oxygen atoms in total. The highest BCUT2D eigenvalue weighted by atomic mass is 79.9. The van der Waals surface area contributed by atoms with Gasteiger partial charge in [0.1, 0.15) is 0 Å². The summed E-state index contributed by atoms with van der Waals surface area (Å²) in [5.41, 5.74) is 1.01. The Kier molecular flexibility index (Phi) is 4.79. The van der Waals surface area contributed by atoms with Crippen LogP contribution in [0, 0.1) is 10.1 Å². The predicted molar refractivity (Wildman–Crippen MR) is 60.5 cm³/mol. The molecule has 18 heavy (non-hydrogen) atoms. The van der Waals surface area contributed by atoms with Crippen LogP contribution in [0.25, 0.3) is 0 Å². The second kappa shape index (κ2) is 6.11. The molecule has 0 amide bonds. The molecule has 0 spiro atoms. The number of benzene rings is 1. The Labute approximate surface area is 114 Å². The maximum atomic E-state index is 10.5. The Balaban J connectivity index is 0.00000162. The van der Waals surface area contributed by atoms with Crippen molar-refractivity contribution in [2.75, 3.05) is 0 Å². The molecule has 1 aromatic heterocycles. The first kappa shape index (κ1) is 14.1. The van der Waals surface area contributed by atoms with Gasteiger partial charge in [-0.05, 0) is 18.2 Å². The lowest BCUT2D eigenvalue weighted by atomic mass is 10.2. The third-order valence-corrected chi connectivity index (χ3v) is 2.35. The van der Waals surface area contributed by atoms with Gasteiger partial charge in [-0.25, -0.2) is 0 Å². The number of nitro groups is 1. The van der Waals surface area contributed by atoms with E-state index in [-0.39, 0.29) is 28.4 Å². The molecule has 0 aliphatic heterocycles. The lowest BCUT2D eigenvalue weighted by molar-refractivity contribution is -0.688. The Morgan fingerprint density at radius 2 is 1.89 bits per heavy atom. The molecule has 0 aliphatic carbocycles. The van der Waals surface area contributed by atoms with E-state index in [0.717, 1.165) is 5.56 Å². The molecule has 6 heteroatoms. The number of non-ortho nitro benzene ring substituents is 1. The van der Waals surface area contributed by atoms with E-state index in [1.165, 1.54) is 12.1 Å². The van der Waals surface area contributed by atoms with Crippen LogP contribution >= 0.6 is 0 Å². The van der Waals surface area contributed by atoms with E-state index < -0.39 is 4.92 Å². The first-order valence-electron chi connectivity index (χ1n) is 5.06. The fourth-order valence-corrected chi connectivity index (χ4v) is 1.54. The van der Waals surface area contributed by atoms with E-state index in [1.54, 1.807) is 35.0 Å². The van der Waals surface area contributed by atoms with Gasteiger partial charge in [0.2, 0.25) is 6.20 Å². The Bertz CT molecular complexity index is 543. The maximum absolute atomic E-state index is 10.5. The molecule has 0 atom stereocenters. The van der Waals surface area contributed by atoms with Gasteiger partial charge in [0.25, 0.3) is 5.69 Å². The SMILES string of the molecule is O=[N+]([O-])c1ccc(C[n+]2cccc(O)c2)cc1.[Br-]. The smallest absolute Gasteiger partial charge is 0.269 e. The molecule has 94 valence electrons. The van der Waals surface area contributed by atoms with Crippen LogP contribution in [0.4, 0.5) is 5.69 Å². The summed E-state index contributed by atoms with van der Waals surface area (Å²) in [6, 6.07) is 9.68. The second-order valence-corrected chi connectivity index (χ2v) is 3.66. The van der Waals surface area contributed by atoms with Crippen molar-refractivity contribution in [2.45, 2.75) is 6.54 Å². The number of nitro benzene ring substituents is 1. The fraction of sp³-hybridized carbons (Fsp3) is 0.0833. The largest absolute Gasteiger partial charge is 1.00 e. The van der Waals surface area contributed by atoms with Gasteiger partial charge in [-0.15, -0.1) is 0 Å². The van der Waals surface area contributed by atoms with Crippen molar-refractivity contribution in [3.8, 4) is 5.75 Å². The lowest BCUT2D eigenvalue weighted by Gasteiger charge is -1.98. The van der Waals surface area contributed by atoms with Gasteiger partial charge in [-0.3, -0.25) is 10.1 Å². The summed E-state index contributed by atoms with van der Waals surface area (Å²) in [5.74, 6) is 0.189. The average molecular weight is 311 g/mol. The summed E-state index contributed by atoms with van der Waals surface area (Å²) in [6.45, 7) is 0.562. The molecule has 1 N–H and O–H groups in total. The topological polar surface area (TPSA) is 67.2 Å². The molecular formula is C12H11BrN2O3. The van der Waals surface area contributed by atoms with Crippen LogP contribution in [-0.4, -0.2) is 10.0 Å². The van der Waals surface area contributed by atoms with Crippen molar-refractivity contribution >= 4 is 5.69 Å². The van der Waals surface area contributed by atoms with E-state index in [0.29, 0.717) is 6.54 Å². The van der Waals surface area contributed by atoms with Crippen LogP contribution < -0.4 is 21.5 Å². The van der Waals surface area contributed by atoms with Crippen molar-refractivity contribution < 1.29 is 31.6 Å². The summed E-state index contributed by atoms with van der Waals surface area (Å²) in [5, 5.41) is 19.8. The zero-order valence-corrected chi connectivity index (χ0v) is 10.9. The van der Waals surface area contributed by atoms with Crippen LogP contribution in [0.15, 0.2) is 48.8 Å². The monoisotopic (exact) mass is 310 g/mol. The minimum atomic E-state index is -0.425. The van der Waals surface area contributed by atoms with Gasteiger partial charge in [0.05, 0.1) is 4.92 Å². The van der Waals surface area contributed by atoms with Crippen LogP contribution in [0.3, 0.4) is 0 Å².